The number of carbonyl (C=O) groups is 2. The number of nitrogens with zero attached hydrogens (tertiary/aromatic N) is 6. The molecule has 0 bridgehead atoms. The first-order valence-corrected chi connectivity index (χ1v) is 10.7. The minimum Gasteiger partial charge on any atom is -0.543 e. The molecule has 0 aromatic carbocycles. The van der Waals surface area contributed by atoms with Crippen molar-refractivity contribution in [3.8, 4) is 0 Å². The summed E-state index contributed by atoms with van der Waals surface area (Å²) in [5.74, 6) is -2.35. The summed E-state index contributed by atoms with van der Waals surface area (Å²) in [6, 6.07) is 4.97. The van der Waals surface area contributed by atoms with E-state index in [1.165, 1.54) is 30.9 Å². The fraction of sp³-hybridized carbons (Fsp3) is 0.250. The quantitative estimate of drug-likeness (QED) is 0.251. The molecule has 14 heteroatoms. The molecule has 2 aliphatic heterocycles. The van der Waals surface area contributed by atoms with Crippen LogP contribution in [0.3, 0.4) is 0 Å². The summed E-state index contributed by atoms with van der Waals surface area (Å²) in [6.45, 7) is 1.34. The maximum Gasteiger partial charge on any atom is 1.00 e. The second-order valence-corrected chi connectivity index (χ2v) is 9.79. The number of carbonyl (C=O) groups excluding carboxylic acids is 2. The van der Waals surface area contributed by atoms with E-state index in [2.05, 4.69) is 20.5 Å². The molecule has 4 rings (SSSR count). The van der Waals surface area contributed by atoms with Crippen LogP contribution in [0.2, 0.25) is 0 Å². The van der Waals surface area contributed by atoms with Crippen LogP contribution in [-0.2, 0) is 26.5 Å². The molecule has 1 amide bonds. The van der Waals surface area contributed by atoms with Gasteiger partial charge in [-0.3, -0.25) is 14.7 Å². The van der Waals surface area contributed by atoms with Gasteiger partial charge in [-0.15, -0.1) is 5.10 Å². The van der Waals surface area contributed by atoms with Crippen LogP contribution in [0.25, 0.3) is 6.08 Å². The Morgan fingerprint density at radius 3 is 2.63 bits per heavy atom. The molecular weight excluding hydrogens is 443 g/mol. The summed E-state index contributed by atoms with van der Waals surface area (Å²) in [5, 5.41) is 21.3. The molecule has 0 aliphatic carbocycles. The zero-order valence-electron chi connectivity index (χ0n) is 16.1. The third kappa shape index (κ3) is 3.50. The number of fused-ring (bicyclic) bond motifs is 1. The van der Waals surface area contributed by atoms with Gasteiger partial charge in [-0.05, 0) is 41.1 Å². The van der Waals surface area contributed by atoms with Gasteiger partial charge in [0.15, 0.2) is 15.2 Å². The van der Waals surface area contributed by atoms with Crippen molar-refractivity contribution in [1.29, 1.82) is 0 Å². The molecule has 0 spiro atoms. The maximum absolute atomic E-state index is 13.3. The van der Waals surface area contributed by atoms with E-state index < -0.39 is 37.4 Å². The van der Waals surface area contributed by atoms with Crippen LogP contribution in [0.4, 0.5) is 0 Å². The van der Waals surface area contributed by atoms with Gasteiger partial charge in [0, 0.05) is 13.2 Å². The van der Waals surface area contributed by atoms with Gasteiger partial charge < -0.3 is 9.90 Å². The number of pyridine rings is 1. The minimum atomic E-state index is -4.06. The third-order valence-corrected chi connectivity index (χ3v) is 8.78. The van der Waals surface area contributed by atoms with Gasteiger partial charge in [0.2, 0.25) is 5.16 Å². The summed E-state index contributed by atoms with van der Waals surface area (Å²) in [4.78, 5) is 29.2. The summed E-state index contributed by atoms with van der Waals surface area (Å²) in [5.41, 5.74) is -0.162. The van der Waals surface area contributed by atoms with Crippen LogP contribution < -0.4 is 34.7 Å². The van der Waals surface area contributed by atoms with Crippen molar-refractivity contribution < 1.29 is 52.7 Å². The third-order valence-electron chi connectivity index (χ3n) is 4.52. The smallest absolute Gasteiger partial charge is 0.543 e. The Kier molecular flexibility index (Phi) is 6.20. The predicted molar refractivity (Wildman–Crippen MR) is 97.9 cm³/mol. The monoisotopic (exact) mass is 456 g/mol. The van der Waals surface area contributed by atoms with Crippen molar-refractivity contribution in [2.24, 2.45) is 7.05 Å². The van der Waals surface area contributed by atoms with Crippen LogP contribution in [0.5, 0.6) is 0 Å². The average Bonchev–Trinajstić information content (AvgIpc) is 3.08. The molecular formula is C16H13N6NaO5S2. The van der Waals surface area contributed by atoms with E-state index in [1.54, 1.807) is 18.2 Å². The number of rotatable bonds is 4. The fourth-order valence-corrected chi connectivity index (χ4v) is 6.94. The number of aromatic nitrogens is 5. The Bertz CT molecular complexity index is 1190. The van der Waals surface area contributed by atoms with Gasteiger partial charge >= 0.3 is 29.6 Å². The van der Waals surface area contributed by atoms with Crippen LogP contribution in [0.1, 0.15) is 12.6 Å². The van der Waals surface area contributed by atoms with E-state index in [4.69, 9.17) is 0 Å². The van der Waals surface area contributed by atoms with E-state index in [0.29, 0.717) is 5.69 Å². The number of β-lactam (4-membered cyclic amide) rings is 1. The normalized spacial score (nSPS) is 23.6. The van der Waals surface area contributed by atoms with E-state index >= 15 is 0 Å². The Hall–Kier alpha value is -2.06. The number of thioether (sulfide) groups is 1. The minimum absolute atomic E-state index is 0. The van der Waals surface area contributed by atoms with Gasteiger partial charge in [0.05, 0.1) is 22.9 Å². The molecule has 150 valence electrons. The average molecular weight is 456 g/mol. The number of hydrogen-bond acceptors (Lipinski definition) is 10. The van der Waals surface area contributed by atoms with Crippen molar-refractivity contribution in [2.75, 3.05) is 0 Å². The summed E-state index contributed by atoms with van der Waals surface area (Å²) >= 11 is 0.792. The Balaban J connectivity index is 0.00000256. The van der Waals surface area contributed by atoms with E-state index in [-0.39, 0.29) is 45.9 Å². The summed E-state index contributed by atoms with van der Waals surface area (Å²) < 4.78 is 26.6. The Labute approximate surface area is 197 Å². The second kappa shape index (κ2) is 8.23. The molecule has 30 heavy (non-hydrogen) atoms. The predicted octanol–water partition coefficient (Wildman–Crippen LogP) is -4.27. The Morgan fingerprint density at radius 1 is 1.33 bits per heavy atom. The fourth-order valence-electron chi connectivity index (χ4n) is 3.22. The Morgan fingerprint density at radius 2 is 2.07 bits per heavy atom. The first-order chi connectivity index (χ1) is 13.7. The molecule has 0 radical (unpaired) electrons. The molecule has 1 fully saturated rings. The molecule has 2 aromatic heterocycles. The van der Waals surface area contributed by atoms with Gasteiger partial charge in [0.1, 0.15) is 4.58 Å². The van der Waals surface area contributed by atoms with E-state index in [1.807, 2.05) is 0 Å². The number of carboxylic acid groups (broad SMARTS) is 1. The SMILES string of the molecule is CC1=C(C(=O)[O-])N2C(=O)/C(=C/c3ccccn3)[C@H]2S(=O)(=O)[C@@H]1Sc1nnnn1C.[Na+]. The van der Waals surface area contributed by atoms with Gasteiger partial charge in [-0.1, -0.05) is 17.8 Å². The van der Waals surface area contributed by atoms with Gasteiger partial charge in [-0.25, -0.2) is 13.1 Å². The maximum atomic E-state index is 13.3. The summed E-state index contributed by atoms with van der Waals surface area (Å²) in [7, 11) is -2.53. The number of hydrogen-bond donors (Lipinski definition) is 0. The number of aryl methyl sites for hydroxylation is 1. The van der Waals surface area contributed by atoms with Crippen LogP contribution in [0, 0.1) is 0 Å². The number of carboxylic acids is 1. The molecule has 1 saturated heterocycles. The van der Waals surface area contributed by atoms with Gasteiger partial charge in [0.25, 0.3) is 5.91 Å². The molecule has 11 nitrogen and oxygen atoms in total. The first kappa shape index (κ1) is 22.6. The van der Waals surface area contributed by atoms with Crippen molar-refractivity contribution in [3.63, 3.8) is 0 Å². The van der Waals surface area contributed by atoms with Crippen molar-refractivity contribution in [3.05, 3.63) is 46.9 Å². The second-order valence-electron chi connectivity index (χ2n) is 6.32. The van der Waals surface area contributed by atoms with Crippen LogP contribution >= 0.6 is 11.8 Å². The molecule has 2 atom stereocenters. The molecule has 0 saturated carbocycles. The number of tetrazole rings is 1. The molecule has 2 aromatic rings. The molecule has 2 aliphatic rings. The van der Waals surface area contributed by atoms with Crippen molar-refractivity contribution >= 4 is 39.6 Å². The largest absolute Gasteiger partial charge is 1.00 e. The standard InChI is InChI=1S/C16H14N6O5S2.Na/c1-8-11(14(24)25)22-12(23)10(7-9-5-3-4-6-17-9)13(22)29(26,27)15(8)28-16-18-19-20-21(16)2;/h3-7,13,15H,1-2H3,(H,24,25);/q;+1/p-1/b10-7-;/t13-,15+;/m1./s1. The van der Waals surface area contributed by atoms with Crippen molar-refractivity contribution in [2.45, 2.75) is 22.0 Å². The van der Waals surface area contributed by atoms with Gasteiger partial charge in [-0.2, -0.15) is 0 Å². The first-order valence-electron chi connectivity index (χ1n) is 8.23. The zero-order chi connectivity index (χ0) is 20.9. The number of aliphatic carboxylic acids is 1. The molecule has 4 heterocycles. The topological polar surface area (TPSA) is 151 Å². The van der Waals surface area contributed by atoms with E-state index in [9.17, 15) is 23.1 Å². The number of amides is 1. The zero-order valence-corrected chi connectivity index (χ0v) is 19.7. The van der Waals surface area contributed by atoms with Crippen molar-refractivity contribution in [1.82, 2.24) is 30.1 Å². The van der Waals surface area contributed by atoms with Crippen LogP contribution in [0.15, 0.2) is 46.4 Å². The summed E-state index contributed by atoms with van der Waals surface area (Å²) in [6.07, 6.45) is 2.85. The molecule has 0 unspecified atom stereocenters. The van der Waals surface area contributed by atoms with Crippen LogP contribution in [-0.4, -0.2) is 60.3 Å². The molecule has 0 N–H and O–H groups in total. The number of sulfone groups is 1. The van der Waals surface area contributed by atoms with E-state index in [0.717, 1.165) is 16.7 Å².